The van der Waals surface area contributed by atoms with Crippen LogP contribution in [0.1, 0.15) is 0 Å². The Morgan fingerprint density at radius 3 is 2.39 bits per heavy atom. The fraction of sp³-hybridized carbons (Fsp3) is 0.0714. The number of imidazole rings is 1. The standard InChI is InChI=1S/C14H12N2OS/c1-18(17)16-13-10-6-5-9-12(13)15-14(16)11-7-3-2-4-8-11/h2-10H,1H3. The maximum atomic E-state index is 11.9. The van der Waals surface area contributed by atoms with Crippen LogP contribution in [0.15, 0.2) is 54.6 Å². The zero-order valence-electron chi connectivity index (χ0n) is 9.91. The maximum absolute atomic E-state index is 11.9. The first kappa shape index (κ1) is 11.2. The summed E-state index contributed by atoms with van der Waals surface area (Å²) in [5.41, 5.74) is 2.74. The molecule has 0 saturated heterocycles. The van der Waals surface area contributed by atoms with Crippen LogP contribution in [0.5, 0.6) is 0 Å². The predicted molar refractivity (Wildman–Crippen MR) is 74.6 cm³/mol. The van der Waals surface area contributed by atoms with Crippen molar-refractivity contribution >= 4 is 22.0 Å². The first-order valence-electron chi connectivity index (χ1n) is 5.64. The third kappa shape index (κ3) is 1.75. The Labute approximate surface area is 108 Å². The average molecular weight is 256 g/mol. The van der Waals surface area contributed by atoms with Crippen LogP contribution in [0.25, 0.3) is 22.4 Å². The minimum absolute atomic E-state index is 0.748. The molecule has 0 aliphatic rings. The van der Waals surface area contributed by atoms with Gasteiger partial charge in [0.2, 0.25) is 0 Å². The van der Waals surface area contributed by atoms with Gasteiger partial charge in [-0.1, -0.05) is 42.5 Å². The summed E-state index contributed by atoms with van der Waals surface area (Å²) in [6, 6.07) is 17.6. The van der Waals surface area contributed by atoms with Crippen LogP contribution in [-0.4, -0.2) is 19.4 Å². The molecule has 0 aliphatic carbocycles. The highest BCUT2D eigenvalue weighted by Gasteiger charge is 2.13. The van der Waals surface area contributed by atoms with Crippen molar-refractivity contribution < 1.29 is 4.21 Å². The van der Waals surface area contributed by atoms with Crippen LogP contribution < -0.4 is 0 Å². The number of rotatable bonds is 2. The lowest BCUT2D eigenvalue weighted by molar-refractivity contribution is 0.682. The summed E-state index contributed by atoms with van der Waals surface area (Å²) in [6.45, 7) is 0. The van der Waals surface area contributed by atoms with Crippen molar-refractivity contribution in [1.82, 2.24) is 8.96 Å². The fourth-order valence-corrected chi connectivity index (χ4v) is 2.85. The lowest BCUT2D eigenvalue weighted by atomic mass is 10.2. The molecule has 4 heteroatoms. The van der Waals surface area contributed by atoms with E-state index in [1.54, 1.807) is 10.2 Å². The molecule has 1 aromatic heterocycles. The van der Waals surface area contributed by atoms with E-state index in [1.165, 1.54) is 0 Å². The van der Waals surface area contributed by atoms with Crippen molar-refractivity contribution in [2.45, 2.75) is 0 Å². The molecule has 0 fully saturated rings. The van der Waals surface area contributed by atoms with Crippen LogP contribution in [0.2, 0.25) is 0 Å². The molecule has 3 nitrogen and oxygen atoms in total. The normalized spacial score (nSPS) is 12.7. The highest BCUT2D eigenvalue weighted by molar-refractivity contribution is 7.83. The number of fused-ring (bicyclic) bond motifs is 1. The molecule has 90 valence electrons. The topological polar surface area (TPSA) is 34.9 Å². The van der Waals surface area contributed by atoms with Gasteiger partial charge in [-0.2, -0.15) is 0 Å². The molecule has 0 spiro atoms. The quantitative estimate of drug-likeness (QED) is 0.706. The van der Waals surface area contributed by atoms with Gasteiger partial charge in [0.1, 0.15) is 11.0 Å². The smallest absolute Gasteiger partial charge is 0.153 e. The first-order valence-corrected chi connectivity index (χ1v) is 7.15. The van der Waals surface area contributed by atoms with E-state index in [0.29, 0.717) is 0 Å². The van der Waals surface area contributed by atoms with Gasteiger partial charge in [-0.15, -0.1) is 0 Å². The molecule has 0 N–H and O–H groups in total. The summed E-state index contributed by atoms with van der Waals surface area (Å²) in [5, 5.41) is 0. The van der Waals surface area contributed by atoms with E-state index in [-0.39, 0.29) is 0 Å². The van der Waals surface area contributed by atoms with E-state index < -0.39 is 11.0 Å². The molecular formula is C14H12N2OS. The Morgan fingerprint density at radius 2 is 1.67 bits per heavy atom. The molecule has 3 rings (SSSR count). The van der Waals surface area contributed by atoms with Gasteiger partial charge in [-0.25, -0.2) is 13.2 Å². The summed E-state index contributed by atoms with van der Waals surface area (Å²) in [5.74, 6) is 0.748. The van der Waals surface area contributed by atoms with Gasteiger partial charge >= 0.3 is 0 Å². The van der Waals surface area contributed by atoms with Gasteiger partial charge in [0, 0.05) is 11.8 Å². The average Bonchev–Trinajstić information content (AvgIpc) is 2.79. The number of benzene rings is 2. The minimum atomic E-state index is -1.13. The number of para-hydroxylation sites is 2. The Morgan fingerprint density at radius 1 is 1.00 bits per heavy atom. The highest BCUT2D eigenvalue weighted by Crippen LogP contribution is 2.24. The molecule has 0 saturated carbocycles. The third-order valence-corrected chi connectivity index (χ3v) is 3.69. The zero-order chi connectivity index (χ0) is 12.5. The molecule has 2 aromatic carbocycles. The SMILES string of the molecule is CS(=O)n1c(-c2ccccc2)nc2ccccc21. The molecule has 18 heavy (non-hydrogen) atoms. The number of aromatic nitrogens is 2. The molecule has 0 radical (unpaired) electrons. The Kier molecular flexibility index (Phi) is 2.72. The van der Waals surface area contributed by atoms with Gasteiger partial charge in [-0.05, 0) is 12.1 Å². The summed E-state index contributed by atoms with van der Waals surface area (Å²) >= 11 is 0. The Balaban J connectivity index is 2.36. The first-order chi connectivity index (χ1) is 8.77. The maximum Gasteiger partial charge on any atom is 0.153 e. The van der Waals surface area contributed by atoms with Gasteiger partial charge in [-0.3, -0.25) is 0 Å². The molecule has 0 bridgehead atoms. The van der Waals surface area contributed by atoms with Crippen molar-refractivity contribution in [2.75, 3.05) is 6.26 Å². The van der Waals surface area contributed by atoms with Gasteiger partial charge in [0.15, 0.2) is 5.82 Å². The van der Waals surface area contributed by atoms with Crippen LogP contribution in [0, 0.1) is 0 Å². The van der Waals surface area contributed by atoms with Crippen molar-refractivity contribution in [3.05, 3.63) is 54.6 Å². The molecular weight excluding hydrogens is 244 g/mol. The second-order valence-electron chi connectivity index (χ2n) is 4.01. The van der Waals surface area contributed by atoms with E-state index in [1.807, 2.05) is 54.6 Å². The van der Waals surface area contributed by atoms with Crippen LogP contribution in [0.4, 0.5) is 0 Å². The molecule has 0 amide bonds. The number of nitrogens with zero attached hydrogens (tertiary/aromatic N) is 2. The predicted octanol–water partition coefficient (Wildman–Crippen LogP) is 2.84. The van der Waals surface area contributed by atoms with Crippen LogP contribution in [0.3, 0.4) is 0 Å². The molecule has 3 aromatic rings. The van der Waals surface area contributed by atoms with Gasteiger partial charge < -0.3 is 0 Å². The minimum Gasteiger partial charge on any atom is -0.241 e. The van der Waals surface area contributed by atoms with Gasteiger partial charge in [0.05, 0.1) is 11.0 Å². The van der Waals surface area contributed by atoms with E-state index >= 15 is 0 Å². The molecule has 1 heterocycles. The fourth-order valence-electron chi connectivity index (χ4n) is 2.03. The largest absolute Gasteiger partial charge is 0.241 e. The lowest BCUT2D eigenvalue weighted by Gasteiger charge is -2.04. The van der Waals surface area contributed by atoms with Gasteiger partial charge in [0.25, 0.3) is 0 Å². The number of hydrogen-bond donors (Lipinski definition) is 0. The van der Waals surface area contributed by atoms with Crippen molar-refractivity contribution in [1.29, 1.82) is 0 Å². The Hall–Kier alpha value is -1.94. The van der Waals surface area contributed by atoms with E-state index in [4.69, 9.17) is 0 Å². The summed E-state index contributed by atoms with van der Waals surface area (Å²) < 4.78 is 13.7. The molecule has 1 atom stereocenters. The molecule has 1 unspecified atom stereocenters. The molecule has 0 aliphatic heterocycles. The monoisotopic (exact) mass is 256 g/mol. The van der Waals surface area contributed by atoms with E-state index in [2.05, 4.69) is 4.98 Å². The zero-order valence-corrected chi connectivity index (χ0v) is 10.7. The van der Waals surface area contributed by atoms with Crippen LogP contribution >= 0.6 is 0 Å². The number of hydrogen-bond acceptors (Lipinski definition) is 2. The van der Waals surface area contributed by atoms with E-state index in [9.17, 15) is 4.21 Å². The lowest BCUT2D eigenvalue weighted by Crippen LogP contribution is -2.03. The summed E-state index contributed by atoms with van der Waals surface area (Å²) in [6.07, 6.45) is 1.67. The third-order valence-electron chi connectivity index (χ3n) is 2.81. The van der Waals surface area contributed by atoms with Crippen molar-refractivity contribution in [3.63, 3.8) is 0 Å². The second kappa shape index (κ2) is 4.38. The van der Waals surface area contributed by atoms with Crippen LogP contribution in [-0.2, 0) is 11.0 Å². The highest BCUT2D eigenvalue weighted by atomic mass is 32.2. The van der Waals surface area contributed by atoms with Crippen molar-refractivity contribution in [2.24, 2.45) is 0 Å². The summed E-state index contributed by atoms with van der Waals surface area (Å²) in [4.78, 5) is 4.57. The second-order valence-corrected chi connectivity index (χ2v) is 5.22. The van der Waals surface area contributed by atoms with Crippen molar-refractivity contribution in [3.8, 4) is 11.4 Å². The van der Waals surface area contributed by atoms with E-state index in [0.717, 1.165) is 22.4 Å². The summed E-state index contributed by atoms with van der Waals surface area (Å²) in [7, 11) is -1.13. The Bertz CT molecular complexity index is 719.